The number of carbonyl (C=O) groups is 1. The predicted octanol–water partition coefficient (Wildman–Crippen LogP) is 1.03. The highest BCUT2D eigenvalue weighted by Crippen LogP contribution is 2.29. The zero-order chi connectivity index (χ0) is 15.2. The molecule has 0 spiro atoms. The van der Waals surface area contributed by atoms with Gasteiger partial charge in [0.05, 0.1) is 0 Å². The summed E-state index contributed by atoms with van der Waals surface area (Å²) in [6.07, 6.45) is -1.49. The van der Waals surface area contributed by atoms with E-state index < -0.39 is 17.8 Å². The quantitative estimate of drug-likeness (QED) is 0.758. The molecular weight excluding hydrogens is 293 g/mol. The van der Waals surface area contributed by atoms with Crippen molar-refractivity contribution in [1.82, 2.24) is 29.1 Å². The number of halogens is 3. The average molecular weight is 298 g/mol. The van der Waals surface area contributed by atoms with Gasteiger partial charge in [-0.3, -0.25) is 4.57 Å². The highest BCUT2D eigenvalue weighted by Gasteiger charge is 2.34. The Hall–Kier alpha value is -2.98. The molecule has 108 valence electrons. The maximum absolute atomic E-state index is 12.8. The summed E-state index contributed by atoms with van der Waals surface area (Å²) >= 11 is 0. The molecule has 0 atom stereocenters. The van der Waals surface area contributed by atoms with Crippen molar-refractivity contribution in [2.45, 2.75) is 6.18 Å². The molecule has 3 aromatic rings. The summed E-state index contributed by atoms with van der Waals surface area (Å²) in [5.74, 6) is -1.64. The largest absolute Gasteiger partial charge is 0.476 e. The summed E-state index contributed by atoms with van der Waals surface area (Å²) in [7, 11) is 0. The van der Waals surface area contributed by atoms with Gasteiger partial charge < -0.3 is 5.11 Å². The van der Waals surface area contributed by atoms with Gasteiger partial charge in [-0.1, -0.05) is 0 Å². The van der Waals surface area contributed by atoms with Gasteiger partial charge in [0, 0.05) is 12.3 Å². The van der Waals surface area contributed by atoms with E-state index in [1.807, 2.05) is 0 Å². The summed E-state index contributed by atoms with van der Waals surface area (Å²) in [6, 6.07) is 0.731. The number of carboxylic acids is 1. The first-order chi connectivity index (χ1) is 9.86. The predicted molar refractivity (Wildman–Crippen MR) is 59.9 cm³/mol. The van der Waals surface area contributed by atoms with Gasteiger partial charge in [0.2, 0.25) is 0 Å². The van der Waals surface area contributed by atoms with Crippen LogP contribution in [-0.4, -0.2) is 40.2 Å². The van der Waals surface area contributed by atoms with Gasteiger partial charge in [0.25, 0.3) is 5.78 Å². The second-order valence-electron chi connectivity index (χ2n) is 3.94. The highest BCUT2D eigenvalue weighted by molar-refractivity contribution is 5.85. The molecule has 0 aliphatic rings. The Balaban J connectivity index is 2.24. The summed E-state index contributed by atoms with van der Waals surface area (Å²) in [5, 5.41) is 12.6. The van der Waals surface area contributed by atoms with Crippen LogP contribution in [0.1, 0.15) is 16.2 Å². The van der Waals surface area contributed by atoms with E-state index in [-0.39, 0.29) is 17.3 Å². The van der Waals surface area contributed by atoms with Crippen molar-refractivity contribution in [1.29, 1.82) is 0 Å². The van der Waals surface area contributed by atoms with Crippen LogP contribution < -0.4 is 0 Å². The van der Waals surface area contributed by atoms with E-state index in [9.17, 15) is 18.0 Å². The Bertz CT molecular complexity index is 837. The Morgan fingerprint density at radius 1 is 1.29 bits per heavy atom. The van der Waals surface area contributed by atoms with Crippen LogP contribution in [0, 0.1) is 0 Å². The standard InChI is InChI=1S/C10H5F3N6O2/c11-10(12,13)6-1-7(19-9(17-6)14-3-16-19)18-2-5(8(20)21)15-4-18/h1-4H,(H,20,21). The Labute approximate surface area is 113 Å². The number of imidazole rings is 1. The zero-order valence-corrected chi connectivity index (χ0v) is 9.98. The van der Waals surface area contributed by atoms with Crippen molar-refractivity contribution in [3.05, 3.63) is 36.3 Å². The van der Waals surface area contributed by atoms with Crippen LogP contribution in [0.3, 0.4) is 0 Å². The third-order valence-electron chi connectivity index (χ3n) is 2.59. The SMILES string of the molecule is O=C(O)c1cn(-c2cc(C(F)(F)F)nc3ncnn23)cn1. The van der Waals surface area contributed by atoms with E-state index in [0.717, 1.165) is 34.0 Å². The average Bonchev–Trinajstić information content (AvgIpc) is 3.05. The Morgan fingerprint density at radius 2 is 2.05 bits per heavy atom. The third kappa shape index (κ3) is 2.17. The number of rotatable bonds is 2. The molecule has 3 heterocycles. The molecule has 0 aliphatic heterocycles. The van der Waals surface area contributed by atoms with Gasteiger partial charge in [-0.15, -0.1) is 0 Å². The highest BCUT2D eigenvalue weighted by atomic mass is 19.4. The number of carboxylic acid groups (broad SMARTS) is 1. The molecule has 3 aromatic heterocycles. The molecule has 0 fully saturated rings. The van der Waals surface area contributed by atoms with E-state index in [0.29, 0.717) is 0 Å². The first kappa shape index (κ1) is 13.0. The molecule has 11 heteroatoms. The molecule has 0 aliphatic carbocycles. The van der Waals surface area contributed by atoms with Crippen molar-refractivity contribution >= 4 is 11.7 Å². The van der Waals surface area contributed by atoms with Gasteiger partial charge >= 0.3 is 12.1 Å². The second kappa shape index (κ2) is 4.26. The number of nitrogens with zero attached hydrogens (tertiary/aromatic N) is 6. The fraction of sp³-hybridized carbons (Fsp3) is 0.100. The maximum atomic E-state index is 12.8. The van der Waals surface area contributed by atoms with E-state index in [1.165, 1.54) is 0 Å². The lowest BCUT2D eigenvalue weighted by molar-refractivity contribution is -0.141. The van der Waals surface area contributed by atoms with Crippen LogP contribution in [0.25, 0.3) is 11.6 Å². The molecule has 0 saturated carbocycles. The van der Waals surface area contributed by atoms with E-state index in [4.69, 9.17) is 5.11 Å². The summed E-state index contributed by atoms with van der Waals surface area (Å²) in [6.45, 7) is 0. The summed E-state index contributed by atoms with van der Waals surface area (Å²) in [4.78, 5) is 21.3. The van der Waals surface area contributed by atoms with Gasteiger partial charge in [0.1, 0.15) is 18.5 Å². The number of fused-ring (bicyclic) bond motifs is 1. The van der Waals surface area contributed by atoms with Crippen molar-refractivity contribution in [3.8, 4) is 5.82 Å². The molecule has 0 amide bonds. The zero-order valence-electron chi connectivity index (χ0n) is 9.98. The minimum absolute atomic E-state index is 0.0789. The maximum Gasteiger partial charge on any atom is 0.433 e. The number of aromatic carboxylic acids is 1. The fourth-order valence-corrected chi connectivity index (χ4v) is 1.68. The lowest BCUT2D eigenvalue weighted by atomic mass is 10.3. The van der Waals surface area contributed by atoms with Gasteiger partial charge in [-0.05, 0) is 0 Å². The minimum atomic E-state index is -4.67. The number of hydrogen-bond donors (Lipinski definition) is 1. The van der Waals surface area contributed by atoms with Crippen molar-refractivity contribution in [3.63, 3.8) is 0 Å². The van der Waals surface area contributed by atoms with E-state index in [1.54, 1.807) is 0 Å². The first-order valence-corrected chi connectivity index (χ1v) is 5.42. The molecule has 1 N–H and O–H groups in total. The lowest BCUT2D eigenvalue weighted by Gasteiger charge is -2.09. The van der Waals surface area contributed by atoms with Crippen LogP contribution in [0.4, 0.5) is 13.2 Å². The monoisotopic (exact) mass is 298 g/mol. The van der Waals surface area contributed by atoms with Crippen LogP contribution in [0.2, 0.25) is 0 Å². The van der Waals surface area contributed by atoms with Crippen molar-refractivity contribution in [2.24, 2.45) is 0 Å². The molecule has 0 radical (unpaired) electrons. The second-order valence-corrected chi connectivity index (χ2v) is 3.94. The van der Waals surface area contributed by atoms with Gasteiger partial charge in [-0.25, -0.2) is 14.8 Å². The number of hydrogen-bond acceptors (Lipinski definition) is 5. The van der Waals surface area contributed by atoms with Crippen LogP contribution in [0.5, 0.6) is 0 Å². The molecule has 21 heavy (non-hydrogen) atoms. The third-order valence-corrected chi connectivity index (χ3v) is 2.59. The normalized spacial score (nSPS) is 12.0. The molecule has 0 aromatic carbocycles. The lowest BCUT2D eigenvalue weighted by Crippen LogP contribution is -2.13. The topological polar surface area (TPSA) is 98.2 Å². The van der Waals surface area contributed by atoms with Crippen LogP contribution in [-0.2, 0) is 6.18 Å². The van der Waals surface area contributed by atoms with Crippen molar-refractivity contribution < 1.29 is 23.1 Å². The van der Waals surface area contributed by atoms with Crippen molar-refractivity contribution in [2.75, 3.05) is 0 Å². The molecule has 3 rings (SSSR count). The Morgan fingerprint density at radius 3 is 2.67 bits per heavy atom. The summed E-state index contributed by atoms with van der Waals surface area (Å²) in [5.41, 5.74) is -1.47. The minimum Gasteiger partial charge on any atom is -0.476 e. The van der Waals surface area contributed by atoms with Crippen LogP contribution >= 0.6 is 0 Å². The molecule has 0 saturated heterocycles. The molecular formula is C10H5F3N6O2. The van der Waals surface area contributed by atoms with E-state index >= 15 is 0 Å². The first-order valence-electron chi connectivity index (χ1n) is 5.42. The number of aromatic nitrogens is 6. The van der Waals surface area contributed by atoms with E-state index in [2.05, 4.69) is 20.1 Å². The summed E-state index contributed by atoms with van der Waals surface area (Å²) < 4.78 is 40.6. The fourth-order valence-electron chi connectivity index (χ4n) is 1.68. The molecule has 0 unspecified atom stereocenters. The molecule has 8 nitrogen and oxygen atoms in total. The number of alkyl halides is 3. The van der Waals surface area contributed by atoms with Crippen LogP contribution in [0.15, 0.2) is 24.9 Å². The molecule has 0 bridgehead atoms. The Kier molecular flexibility index (Phi) is 2.64. The smallest absolute Gasteiger partial charge is 0.433 e. The van der Waals surface area contributed by atoms with Gasteiger partial charge in [0.15, 0.2) is 11.4 Å². The van der Waals surface area contributed by atoms with Gasteiger partial charge in [-0.2, -0.15) is 27.8 Å².